The Bertz CT molecular complexity index is 727. The smallest absolute Gasteiger partial charge is 0.310 e. The lowest BCUT2D eigenvalue weighted by atomic mass is 10.1. The average Bonchev–Trinajstić information content (AvgIpc) is 2.56. The first kappa shape index (κ1) is 17.9. The van der Waals surface area contributed by atoms with Crippen molar-refractivity contribution in [1.29, 1.82) is 0 Å². The topological polar surface area (TPSA) is 35.5 Å². The first-order valence-electron chi connectivity index (χ1n) is 7.73. The van der Waals surface area contributed by atoms with Gasteiger partial charge in [-0.15, -0.1) is 0 Å². The Morgan fingerprint density at radius 1 is 1.08 bits per heavy atom. The molecule has 3 nitrogen and oxygen atoms in total. The predicted octanol–water partition coefficient (Wildman–Crippen LogP) is 5.14. The van der Waals surface area contributed by atoms with Crippen molar-refractivity contribution in [2.24, 2.45) is 0 Å². The first-order valence-corrected chi connectivity index (χ1v) is 7.73. The van der Waals surface area contributed by atoms with Crippen LogP contribution in [-0.4, -0.2) is 5.97 Å². The van der Waals surface area contributed by atoms with Crippen LogP contribution in [0.25, 0.3) is 0 Å². The van der Waals surface area contributed by atoms with Crippen LogP contribution in [0.1, 0.15) is 42.0 Å². The van der Waals surface area contributed by atoms with Crippen molar-refractivity contribution in [2.45, 2.75) is 40.2 Å². The molecule has 0 spiro atoms. The molecule has 24 heavy (non-hydrogen) atoms. The standard InChI is InChI=1S/C19H20F2O3/c1-4-18(22)24-16-8-6-5-7-14(16)11-23-17-10-13(3)12(2)9-15(17)19(20)21/h5-10,19H,4,11H2,1-3H3. The van der Waals surface area contributed by atoms with E-state index in [4.69, 9.17) is 9.47 Å². The third kappa shape index (κ3) is 4.31. The highest BCUT2D eigenvalue weighted by Crippen LogP contribution is 2.32. The molecular weight excluding hydrogens is 314 g/mol. The van der Waals surface area contributed by atoms with Crippen LogP contribution in [0.2, 0.25) is 0 Å². The van der Waals surface area contributed by atoms with Crippen molar-refractivity contribution in [3.63, 3.8) is 0 Å². The summed E-state index contributed by atoms with van der Waals surface area (Å²) in [5.74, 6) is 0.165. The lowest BCUT2D eigenvalue weighted by Gasteiger charge is -2.15. The van der Waals surface area contributed by atoms with Crippen molar-refractivity contribution in [3.8, 4) is 11.5 Å². The second kappa shape index (κ2) is 7.90. The summed E-state index contributed by atoms with van der Waals surface area (Å²) < 4.78 is 37.3. The molecule has 2 aromatic rings. The number of carbonyl (C=O) groups is 1. The Labute approximate surface area is 140 Å². The van der Waals surface area contributed by atoms with E-state index in [-0.39, 0.29) is 30.3 Å². The number of alkyl halides is 2. The number of para-hydroxylation sites is 1. The molecule has 2 aromatic carbocycles. The maximum absolute atomic E-state index is 13.2. The molecular formula is C19H20F2O3. The zero-order chi connectivity index (χ0) is 17.7. The molecule has 0 aliphatic carbocycles. The van der Waals surface area contributed by atoms with Crippen LogP contribution in [0.15, 0.2) is 36.4 Å². The largest absolute Gasteiger partial charge is 0.488 e. The number of rotatable bonds is 6. The van der Waals surface area contributed by atoms with Crippen LogP contribution >= 0.6 is 0 Å². The fraction of sp³-hybridized carbons (Fsp3) is 0.316. The highest BCUT2D eigenvalue weighted by atomic mass is 19.3. The minimum absolute atomic E-state index is 0.0371. The second-order valence-electron chi connectivity index (χ2n) is 5.50. The summed E-state index contributed by atoms with van der Waals surface area (Å²) in [5, 5.41) is 0. The minimum Gasteiger partial charge on any atom is -0.488 e. The number of esters is 1. The van der Waals surface area contributed by atoms with Gasteiger partial charge in [-0.2, -0.15) is 0 Å². The predicted molar refractivity (Wildman–Crippen MR) is 87.6 cm³/mol. The minimum atomic E-state index is -2.62. The molecule has 0 aliphatic rings. The number of hydrogen-bond acceptors (Lipinski definition) is 3. The highest BCUT2D eigenvalue weighted by Gasteiger charge is 2.17. The van der Waals surface area contributed by atoms with Gasteiger partial charge in [0, 0.05) is 12.0 Å². The number of aryl methyl sites for hydroxylation is 2. The molecule has 0 saturated carbocycles. The molecule has 0 unspecified atom stereocenters. The maximum atomic E-state index is 13.2. The van der Waals surface area contributed by atoms with E-state index in [0.29, 0.717) is 11.3 Å². The maximum Gasteiger partial charge on any atom is 0.310 e. The van der Waals surface area contributed by atoms with E-state index in [2.05, 4.69) is 0 Å². The SMILES string of the molecule is CCC(=O)Oc1ccccc1COc1cc(C)c(C)cc1C(F)F. The average molecular weight is 334 g/mol. The summed E-state index contributed by atoms with van der Waals surface area (Å²) in [7, 11) is 0. The quantitative estimate of drug-likeness (QED) is 0.542. The lowest BCUT2D eigenvalue weighted by Crippen LogP contribution is -2.09. The van der Waals surface area contributed by atoms with Crippen molar-refractivity contribution < 1.29 is 23.0 Å². The zero-order valence-corrected chi connectivity index (χ0v) is 13.9. The molecule has 0 heterocycles. The van der Waals surface area contributed by atoms with Crippen molar-refractivity contribution in [1.82, 2.24) is 0 Å². The van der Waals surface area contributed by atoms with Gasteiger partial charge in [0.15, 0.2) is 0 Å². The fourth-order valence-corrected chi connectivity index (χ4v) is 2.18. The van der Waals surface area contributed by atoms with Crippen molar-refractivity contribution in [2.75, 3.05) is 0 Å². The van der Waals surface area contributed by atoms with Crippen molar-refractivity contribution in [3.05, 3.63) is 58.7 Å². The summed E-state index contributed by atoms with van der Waals surface area (Å²) in [6.07, 6.45) is -2.37. The third-order valence-corrected chi connectivity index (χ3v) is 3.73. The van der Waals surface area contributed by atoms with E-state index in [1.54, 1.807) is 44.2 Å². The highest BCUT2D eigenvalue weighted by molar-refractivity contribution is 5.72. The van der Waals surface area contributed by atoms with Crippen LogP contribution in [0.4, 0.5) is 8.78 Å². The lowest BCUT2D eigenvalue weighted by molar-refractivity contribution is -0.134. The van der Waals surface area contributed by atoms with Gasteiger partial charge in [-0.1, -0.05) is 25.1 Å². The normalized spacial score (nSPS) is 10.8. The van der Waals surface area contributed by atoms with Gasteiger partial charge in [-0.25, -0.2) is 8.78 Å². The Kier molecular flexibility index (Phi) is 5.90. The van der Waals surface area contributed by atoms with E-state index in [1.165, 1.54) is 6.07 Å². The van der Waals surface area contributed by atoms with Crippen LogP contribution in [0.3, 0.4) is 0 Å². The van der Waals surface area contributed by atoms with Crippen LogP contribution < -0.4 is 9.47 Å². The van der Waals surface area contributed by atoms with Crippen LogP contribution in [0.5, 0.6) is 11.5 Å². The molecule has 0 aromatic heterocycles. The Hall–Kier alpha value is -2.43. The number of ether oxygens (including phenoxy) is 2. The van der Waals surface area contributed by atoms with E-state index < -0.39 is 6.43 Å². The monoisotopic (exact) mass is 334 g/mol. The molecule has 0 aliphatic heterocycles. The van der Waals surface area contributed by atoms with Gasteiger partial charge in [0.05, 0.1) is 5.56 Å². The Morgan fingerprint density at radius 2 is 1.75 bits per heavy atom. The molecule has 0 amide bonds. The van der Waals surface area contributed by atoms with Gasteiger partial charge in [-0.05, 0) is 43.2 Å². The van der Waals surface area contributed by atoms with Crippen molar-refractivity contribution >= 4 is 5.97 Å². The zero-order valence-electron chi connectivity index (χ0n) is 13.9. The van der Waals surface area contributed by atoms with Crippen LogP contribution in [0, 0.1) is 13.8 Å². The van der Waals surface area contributed by atoms with Gasteiger partial charge >= 0.3 is 5.97 Å². The van der Waals surface area contributed by atoms with Gasteiger partial charge in [0.1, 0.15) is 18.1 Å². The molecule has 2 rings (SSSR count). The van der Waals surface area contributed by atoms with E-state index in [0.717, 1.165) is 11.1 Å². The number of halogens is 2. The van der Waals surface area contributed by atoms with E-state index in [9.17, 15) is 13.6 Å². The summed E-state index contributed by atoms with van der Waals surface area (Å²) in [4.78, 5) is 11.5. The van der Waals surface area contributed by atoms with Crippen LogP contribution in [-0.2, 0) is 11.4 Å². The molecule has 128 valence electrons. The first-order chi connectivity index (χ1) is 11.4. The Balaban J connectivity index is 2.23. The number of benzene rings is 2. The van der Waals surface area contributed by atoms with Gasteiger partial charge in [0.25, 0.3) is 6.43 Å². The molecule has 0 fully saturated rings. The van der Waals surface area contributed by atoms with Gasteiger partial charge in [0.2, 0.25) is 0 Å². The van der Waals surface area contributed by atoms with E-state index >= 15 is 0 Å². The summed E-state index contributed by atoms with van der Waals surface area (Å²) in [6, 6.07) is 9.96. The number of hydrogen-bond donors (Lipinski definition) is 0. The molecule has 5 heteroatoms. The number of carbonyl (C=O) groups excluding carboxylic acids is 1. The second-order valence-corrected chi connectivity index (χ2v) is 5.50. The fourth-order valence-electron chi connectivity index (χ4n) is 2.18. The third-order valence-electron chi connectivity index (χ3n) is 3.73. The molecule has 0 atom stereocenters. The molecule has 0 bridgehead atoms. The van der Waals surface area contributed by atoms with Gasteiger partial charge in [-0.3, -0.25) is 4.79 Å². The molecule has 0 radical (unpaired) electrons. The van der Waals surface area contributed by atoms with Gasteiger partial charge < -0.3 is 9.47 Å². The molecule has 0 saturated heterocycles. The summed E-state index contributed by atoms with van der Waals surface area (Å²) in [5.41, 5.74) is 2.15. The van der Waals surface area contributed by atoms with E-state index in [1.807, 2.05) is 6.92 Å². The summed E-state index contributed by atoms with van der Waals surface area (Å²) in [6.45, 7) is 5.36. The summed E-state index contributed by atoms with van der Waals surface area (Å²) >= 11 is 0. The Morgan fingerprint density at radius 3 is 2.42 bits per heavy atom. The molecule has 0 N–H and O–H groups in total.